The molecule has 0 bridgehead atoms. The SMILES string of the molecule is C/C(=N\NC(=O)CSc1nc(C)cc(C)n1)c1ccc[nH]1. The van der Waals surface area contributed by atoms with Crippen LogP contribution in [0.3, 0.4) is 0 Å². The number of rotatable bonds is 5. The lowest BCUT2D eigenvalue weighted by atomic mass is 10.3. The third kappa shape index (κ3) is 4.71. The molecule has 1 amide bonds. The predicted molar refractivity (Wildman–Crippen MR) is 83.4 cm³/mol. The van der Waals surface area contributed by atoms with Gasteiger partial charge < -0.3 is 4.98 Å². The maximum Gasteiger partial charge on any atom is 0.250 e. The Morgan fingerprint density at radius 1 is 1.38 bits per heavy atom. The first-order valence-corrected chi connectivity index (χ1v) is 7.45. The fraction of sp³-hybridized carbons (Fsp3) is 0.286. The predicted octanol–water partition coefficient (Wildman–Crippen LogP) is 2.05. The summed E-state index contributed by atoms with van der Waals surface area (Å²) in [6.07, 6.45) is 1.81. The maximum atomic E-state index is 11.8. The molecule has 6 nitrogen and oxygen atoms in total. The van der Waals surface area contributed by atoms with Gasteiger partial charge in [0.15, 0.2) is 5.16 Å². The molecule has 0 radical (unpaired) electrons. The van der Waals surface area contributed by atoms with E-state index in [9.17, 15) is 4.79 Å². The van der Waals surface area contributed by atoms with Crippen molar-refractivity contribution in [3.05, 3.63) is 41.5 Å². The average molecular weight is 303 g/mol. The molecular weight excluding hydrogens is 286 g/mol. The molecule has 21 heavy (non-hydrogen) atoms. The van der Waals surface area contributed by atoms with Crippen molar-refractivity contribution < 1.29 is 4.79 Å². The van der Waals surface area contributed by atoms with Gasteiger partial charge in [-0.25, -0.2) is 15.4 Å². The van der Waals surface area contributed by atoms with Gasteiger partial charge >= 0.3 is 0 Å². The quantitative estimate of drug-likeness (QED) is 0.383. The minimum Gasteiger partial charge on any atom is -0.360 e. The monoisotopic (exact) mass is 303 g/mol. The largest absolute Gasteiger partial charge is 0.360 e. The van der Waals surface area contributed by atoms with Gasteiger partial charge in [0.05, 0.1) is 17.2 Å². The topological polar surface area (TPSA) is 83.0 Å². The zero-order valence-corrected chi connectivity index (χ0v) is 13.0. The molecule has 2 N–H and O–H groups in total. The van der Waals surface area contributed by atoms with E-state index in [-0.39, 0.29) is 11.7 Å². The summed E-state index contributed by atoms with van der Waals surface area (Å²) in [4.78, 5) is 23.3. The van der Waals surface area contributed by atoms with Crippen molar-refractivity contribution in [3.63, 3.8) is 0 Å². The lowest BCUT2D eigenvalue weighted by Gasteiger charge is -2.03. The molecule has 2 aromatic heterocycles. The van der Waals surface area contributed by atoms with Crippen LogP contribution in [0.25, 0.3) is 0 Å². The fourth-order valence-corrected chi connectivity index (χ4v) is 2.42. The number of aryl methyl sites for hydroxylation is 2. The standard InChI is InChI=1S/C14H17N5OS/c1-9-7-10(2)17-14(16-9)21-8-13(20)19-18-11(3)12-5-4-6-15-12/h4-7,15H,8H2,1-3H3,(H,19,20)/b18-11+. The normalized spacial score (nSPS) is 11.5. The smallest absolute Gasteiger partial charge is 0.250 e. The van der Waals surface area contributed by atoms with E-state index in [1.54, 1.807) is 0 Å². The second-order valence-corrected chi connectivity index (χ2v) is 5.48. The van der Waals surface area contributed by atoms with Crippen molar-refractivity contribution in [1.82, 2.24) is 20.4 Å². The molecular formula is C14H17N5OS. The number of carbonyl (C=O) groups is 1. The molecule has 0 spiro atoms. The summed E-state index contributed by atoms with van der Waals surface area (Å²) in [5.41, 5.74) is 5.91. The van der Waals surface area contributed by atoms with E-state index in [0.29, 0.717) is 5.16 Å². The molecule has 2 rings (SSSR count). The van der Waals surface area contributed by atoms with Gasteiger partial charge in [0, 0.05) is 17.6 Å². The zero-order chi connectivity index (χ0) is 15.2. The van der Waals surface area contributed by atoms with E-state index >= 15 is 0 Å². The van der Waals surface area contributed by atoms with E-state index in [4.69, 9.17) is 0 Å². The Morgan fingerprint density at radius 2 is 2.10 bits per heavy atom. The number of thioether (sulfide) groups is 1. The minimum atomic E-state index is -0.186. The van der Waals surface area contributed by atoms with Gasteiger partial charge in [-0.15, -0.1) is 0 Å². The highest BCUT2D eigenvalue weighted by atomic mass is 32.2. The number of aromatic nitrogens is 3. The summed E-state index contributed by atoms with van der Waals surface area (Å²) in [6, 6.07) is 5.67. The Morgan fingerprint density at radius 3 is 2.71 bits per heavy atom. The number of hydrazone groups is 1. The van der Waals surface area contributed by atoms with Crippen molar-refractivity contribution in [2.24, 2.45) is 5.10 Å². The first kappa shape index (κ1) is 15.2. The molecule has 0 atom stereocenters. The maximum absolute atomic E-state index is 11.8. The lowest BCUT2D eigenvalue weighted by Crippen LogP contribution is -2.21. The van der Waals surface area contributed by atoms with E-state index in [0.717, 1.165) is 22.8 Å². The van der Waals surface area contributed by atoms with Crippen molar-refractivity contribution in [2.75, 3.05) is 5.75 Å². The first-order valence-electron chi connectivity index (χ1n) is 6.46. The molecule has 0 unspecified atom stereocenters. The first-order chi connectivity index (χ1) is 10.0. The molecule has 7 heteroatoms. The zero-order valence-electron chi connectivity index (χ0n) is 12.2. The van der Waals surface area contributed by atoms with Gasteiger partial charge in [0.2, 0.25) is 0 Å². The lowest BCUT2D eigenvalue weighted by molar-refractivity contribution is -0.118. The second-order valence-electron chi connectivity index (χ2n) is 4.54. The summed E-state index contributed by atoms with van der Waals surface area (Å²) in [5, 5.41) is 4.65. The van der Waals surface area contributed by atoms with Crippen LogP contribution in [-0.2, 0) is 4.79 Å². The summed E-state index contributed by atoms with van der Waals surface area (Å²) in [5.74, 6) is 0.0402. The number of hydrogen-bond donors (Lipinski definition) is 2. The van der Waals surface area contributed by atoms with Crippen LogP contribution in [0.1, 0.15) is 24.0 Å². The van der Waals surface area contributed by atoms with E-state index in [1.807, 2.05) is 45.2 Å². The van der Waals surface area contributed by atoms with Crippen LogP contribution >= 0.6 is 11.8 Å². The van der Waals surface area contributed by atoms with Crippen LogP contribution in [0.5, 0.6) is 0 Å². The molecule has 0 saturated heterocycles. The minimum absolute atomic E-state index is 0.186. The molecule has 0 saturated carbocycles. The van der Waals surface area contributed by atoms with E-state index in [2.05, 4.69) is 25.5 Å². The summed E-state index contributed by atoms with van der Waals surface area (Å²) in [6.45, 7) is 5.64. The van der Waals surface area contributed by atoms with Crippen LogP contribution < -0.4 is 5.43 Å². The number of hydrogen-bond acceptors (Lipinski definition) is 5. The van der Waals surface area contributed by atoms with Crippen molar-refractivity contribution in [2.45, 2.75) is 25.9 Å². The third-order valence-electron chi connectivity index (χ3n) is 2.63. The Balaban J connectivity index is 1.86. The van der Waals surface area contributed by atoms with Crippen LogP contribution in [0.15, 0.2) is 34.7 Å². The number of aromatic amines is 1. The summed E-state index contributed by atoms with van der Waals surface area (Å²) < 4.78 is 0. The number of carbonyl (C=O) groups excluding carboxylic acids is 1. The summed E-state index contributed by atoms with van der Waals surface area (Å²) in [7, 11) is 0. The second kappa shape index (κ2) is 7.03. The van der Waals surface area contributed by atoms with Crippen LogP contribution in [0.2, 0.25) is 0 Å². The van der Waals surface area contributed by atoms with Gasteiger partial charge in [-0.3, -0.25) is 4.79 Å². The number of nitrogens with zero attached hydrogens (tertiary/aromatic N) is 3. The van der Waals surface area contributed by atoms with Gasteiger partial charge in [0.25, 0.3) is 5.91 Å². The molecule has 0 aliphatic carbocycles. The van der Waals surface area contributed by atoms with E-state index < -0.39 is 0 Å². The fourth-order valence-electron chi connectivity index (χ4n) is 1.68. The molecule has 0 aromatic carbocycles. The Kier molecular flexibility index (Phi) is 5.10. The van der Waals surface area contributed by atoms with Gasteiger partial charge in [-0.2, -0.15) is 5.10 Å². The molecule has 0 aliphatic rings. The molecule has 0 fully saturated rings. The average Bonchev–Trinajstić information content (AvgIpc) is 2.95. The Bertz CT molecular complexity index is 631. The van der Waals surface area contributed by atoms with Crippen molar-refractivity contribution in [1.29, 1.82) is 0 Å². The molecule has 110 valence electrons. The summed E-state index contributed by atoms with van der Waals surface area (Å²) >= 11 is 1.29. The van der Waals surface area contributed by atoms with Crippen LogP contribution in [0.4, 0.5) is 0 Å². The Labute approximate surface area is 127 Å². The van der Waals surface area contributed by atoms with Crippen LogP contribution in [-0.4, -0.2) is 32.3 Å². The highest BCUT2D eigenvalue weighted by molar-refractivity contribution is 7.99. The number of nitrogens with one attached hydrogen (secondary N) is 2. The molecule has 2 heterocycles. The third-order valence-corrected chi connectivity index (χ3v) is 3.48. The van der Waals surface area contributed by atoms with Crippen molar-refractivity contribution in [3.8, 4) is 0 Å². The molecule has 2 aromatic rings. The highest BCUT2D eigenvalue weighted by Gasteiger charge is 2.06. The van der Waals surface area contributed by atoms with Crippen LogP contribution in [0, 0.1) is 13.8 Å². The van der Waals surface area contributed by atoms with Gasteiger partial charge in [-0.1, -0.05) is 11.8 Å². The molecule has 0 aliphatic heterocycles. The number of H-pyrrole nitrogens is 1. The Hall–Kier alpha value is -2.15. The van der Waals surface area contributed by atoms with Crippen molar-refractivity contribution >= 4 is 23.4 Å². The van der Waals surface area contributed by atoms with Gasteiger partial charge in [0.1, 0.15) is 0 Å². The van der Waals surface area contributed by atoms with Gasteiger partial charge in [-0.05, 0) is 39.0 Å². The number of amides is 1. The highest BCUT2D eigenvalue weighted by Crippen LogP contribution is 2.13. The van der Waals surface area contributed by atoms with E-state index in [1.165, 1.54) is 11.8 Å².